The minimum atomic E-state index is -0.455. The van der Waals surface area contributed by atoms with E-state index in [0.717, 1.165) is 26.0 Å². The summed E-state index contributed by atoms with van der Waals surface area (Å²) in [5.74, 6) is 0. The highest BCUT2D eigenvalue weighted by Crippen LogP contribution is 2.34. The van der Waals surface area contributed by atoms with Gasteiger partial charge in [0.05, 0.1) is 12.2 Å². The maximum Gasteiger partial charge on any atom is 0.0772 e. The largest absolute Gasteiger partial charge is 0.389 e. The minimum Gasteiger partial charge on any atom is -0.389 e. The lowest BCUT2D eigenvalue weighted by Gasteiger charge is -2.13. The molecule has 0 radical (unpaired) electrons. The first-order valence-corrected chi connectivity index (χ1v) is 8.86. The molecule has 2 atom stereocenters. The summed E-state index contributed by atoms with van der Waals surface area (Å²) in [7, 11) is 0. The van der Waals surface area contributed by atoms with Crippen LogP contribution in [-0.4, -0.2) is 15.3 Å². The van der Waals surface area contributed by atoms with E-state index in [4.69, 9.17) is 0 Å². The topological polar surface area (TPSA) is 40.5 Å². The van der Waals surface area contributed by atoms with E-state index in [-0.39, 0.29) is 0 Å². The Morgan fingerprint density at radius 3 is 1.52 bits per heavy atom. The van der Waals surface area contributed by atoms with Crippen LogP contribution in [0.25, 0.3) is 0 Å². The van der Waals surface area contributed by atoms with E-state index in [9.17, 15) is 10.2 Å². The van der Waals surface area contributed by atoms with Gasteiger partial charge in [0.15, 0.2) is 0 Å². The lowest BCUT2D eigenvalue weighted by molar-refractivity contribution is 0.196. The molecule has 0 aliphatic carbocycles. The lowest BCUT2D eigenvalue weighted by atomic mass is 10.1. The summed E-state index contributed by atoms with van der Waals surface area (Å²) in [6.07, 6.45) is -0.910. The van der Waals surface area contributed by atoms with Crippen molar-refractivity contribution in [3.63, 3.8) is 0 Å². The normalized spacial score (nSPS) is 13.9. The summed E-state index contributed by atoms with van der Waals surface area (Å²) in [4.78, 5) is 2.21. The summed E-state index contributed by atoms with van der Waals surface area (Å²) in [6.45, 7) is 3.57. The van der Waals surface area contributed by atoms with Crippen molar-refractivity contribution >= 4 is 23.5 Å². The number of hydrogen-bond donors (Lipinski definition) is 2. The molecule has 4 heteroatoms. The third-order valence-electron chi connectivity index (χ3n) is 3.17. The third kappa shape index (κ3) is 4.51. The fraction of sp³-hybridized carbons (Fsp3) is 0.294. The zero-order valence-corrected chi connectivity index (χ0v) is 13.8. The van der Waals surface area contributed by atoms with Crippen LogP contribution in [0.1, 0.15) is 37.2 Å². The van der Waals surface area contributed by atoms with Crippen molar-refractivity contribution < 1.29 is 10.2 Å². The fourth-order valence-electron chi connectivity index (χ4n) is 2.07. The van der Waals surface area contributed by atoms with Gasteiger partial charge in [-0.25, -0.2) is 0 Å². The standard InChI is InChI=1S/C17H20O2S2/c1-12(18)14-7-3-5-9-16(14)20-11-21-17-10-6-4-8-15(17)13(2)19/h3-10,12-13,18-19H,11H2,1-2H3. The zero-order valence-electron chi connectivity index (χ0n) is 12.2. The molecule has 0 amide bonds. The number of benzene rings is 2. The average molecular weight is 320 g/mol. The Hall–Kier alpha value is -0.940. The molecular formula is C17H20O2S2. The molecule has 0 bridgehead atoms. The number of hydrogen-bond acceptors (Lipinski definition) is 4. The van der Waals surface area contributed by atoms with Crippen LogP contribution in [0.15, 0.2) is 58.3 Å². The van der Waals surface area contributed by atoms with E-state index < -0.39 is 12.2 Å². The lowest BCUT2D eigenvalue weighted by Crippen LogP contribution is -1.95. The van der Waals surface area contributed by atoms with Gasteiger partial charge in [-0.15, -0.1) is 23.5 Å². The molecule has 2 aromatic rings. The van der Waals surface area contributed by atoms with Crippen molar-refractivity contribution in [3.05, 3.63) is 59.7 Å². The molecule has 2 aromatic carbocycles. The van der Waals surface area contributed by atoms with Crippen molar-refractivity contribution in [2.24, 2.45) is 0 Å². The molecule has 112 valence electrons. The van der Waals surface area contributed by atoms with Crippen LogP contribution in [0.2, 0.25) is 0 Å². The van der Waals surface area contributed by atoms with Crippen molar-refractivity contribution in [2.75, 3.05) is 5.08 Å². The molecule has 0 aliphatic rings. The van der Waals surface area contributed by atoms with Gasteiger partial charge in [0.25, 0.3) is 0 Å². The second-order valence-electron chi connectivity index (χ2n) is 4.83. The van der Waals surface area contributed by atoms with E-state index >= 15 is 0 Å². The van der Waals surface area contributed by atoms with Crippen molar-refractivity contribution in [3.8, 4) is 0 Å². The highest BCUT2D eigenvalue weighted by molar-refractivity contribution is 8.16. The molecule has 0 heterocycles. The Bertz CT molecular complexity index is 531. The Balaban J connectivity index is 2.03. The minimum absolute atomic E-state index is 0.455. The van der Waals surface area contributed by atoms with E-state index in [1.54, 1.807) is 37.4 Å². The predicted octanol–water partition coefficient (Wildman–Crippen LogP) is 4.64. The number of thioether (sulfide) groups is 2. The third-order valence-corrected chi connectivity index (χ3v) is 5.48. The predicted molar refractivity (Wildman–Crippen MR) is 90.7 cm³/mol. The van der Waals surface area contributed by atoms with E-state index in [0.29, 0.717) is 0 Å². The maximum absolute atomic E-state index is 9.78. The van der Waals surface area contributed by atoms with Gasteiger partial charge in [-0.3, -0.25) is 0 Å². The molecule has 2 rings (SSSR count). The highest BCUT2D eigenvalue weighted by atomic mass is 32.2. The first-order chi connectivity index (χ1) is 10.1. The Morgan fingerprint density at radius 2 is 1.14 bits per heavy atom. The molecule has 2 nitrogen and oxygen atoms in total. The summed E-state index contributed by atoms with van der Waals surface area (Å²) in [5.41, 5.74) is 1.93. The van der Waals surface area contributed by atoms with Crippen LogP contribution in [0.4, 0.5) is 0 Å². The quantitative estimate of drug-likeness (QED) is 0.601. The molecule has 0 saturated carbocycles. The average Bonchev–Trinajstić information content (AvgIpc) is 2.48. The van der Waals surface area contributed by atoms with E-state index in [1.165, 1.54) is 0 Å². The second kappa shape index (κ2) is 7.90. The molecular weight excluding hydrogens is 300 g/mol. The van der Waals surface area contributed by atoms with Crippen molar-refractivity contribution in [2.45, 2.75) is 35.8 Å². The van der Waals surface area contributed by atoms with Gasteiger partial charge in [0.1, 0.15) is 0 Å². The molecule has 0 spiro atoms. The molecule has 2 N–H and O–H groups in total. The van der Waals surface area contributed by atoms with Crippen LogP contribution in [0.5, 0.6) is 0 Å². The van der Waals surface area contributed by atoms with E-state index in [1.807, 2.05) is 48.5 Å². The van der Waals surface area contributed by atoms with Crippen molar-refractivity contribution in [1.29, 1.82) is 0 Å². The number of aliphatic hydroxyl groups is 2. The molecule has 0 saturated heterocycles. The van der Waals surface area contributed by atoms with Crippen LogP contribution >= 0.6 is 23.5 Å². The monoisotopic (exact) mass is 320 g/mol. The zero-order chi connectivity index (χ0) is 15.2. The summed E-state index contributed by atoms with van der Waals surface area (Å²) in [5, 5.41) is 20.4. The van der Waals surface area contributed by atoms with E-state index in [2.05, 4.69) is 0 Å². The first kappa shape index (κ1) is 16.4. The smallest absolute Gasteiger partial charge is 0.0772 e. The van der Waals surface area contributed by atoms with Gasteiger partial charge < -0.3 is 10.2 Å². The number of aliphatic hydroxyl groups excluding tert-OH is 2. The van der Waals surface area contributed by atoms with Crippen molar-refractivity contribution in [1.82, 2.24) is 0 Å². The van der Waals surface area contributed by atoms with Gasteiger partial charge in [-0.1, -0.05) is 36.4 Å². The van der Waals surface area contributed by atoms with Crippen LogP contribution < -0.4 is 0 Å². The molecule has 0 aromatic heterocycles. The Kier molecular flexibility index (Phi) is 6.18. The fourth-order valence-corrected chi connectivity index (χ4v) is 4.48. The summed E-state index contributed by atoms with van der Waals surface area (Å²) in [6, 6.07) is 15.9. The molecule has 0 fully saturated rings. The van der Waals surface area contributed by atoms with Gasteiger partial charge in [0.2, 0.25) is 0 Å². The van der Waals surface area contributed by atoms with Crippen LogP contribution in [-0.2, 0) is 0 Å². The van der Waals surface area contributed by atoms with Crippen LogP contribution in [0.3, 0.4) is 0 Å². The second-order valence-corrected chi connectivity index (χ2v) is 7.23. The number of rotatable bonds is 6. The molecule has 0 aliphatic heterocycles. The molecule has 21 heavy (non-hydrogen) atoms. The highest BCUT2D eigenvalue weighted by Gasteiger charge is 2.10. The molecule has 2 unspecified atom stereocenters. The summed E-state index contributed by atoms with van der Waals surface area (Å²) < 4.78 is 0. The summed E-state index contributed by atoms with van der Waals surface area (Å²) >= 11 is 3.42. The van der Waals surface area contributed by atoms with Gasteiger partial charge in [-0.2, -0.15) is 0 Å². The van der Waals surface area contributed by atoms with Gasteiger partial charge in [0, 0.05) is 14.9 Å². The maximum atomic E-state index is 9.78. The van der Waals surface area contributed by atoms with Gasteiger partial charge >= 0.3 is 0 Å². The first-order valence-electron chi connectivity index (χ1n) is 6.89. The van der Waals surface area contributed by atoms with Gasteiger partial charge in [-0.05, 0) is 37.1 Å². The Labute approximate surface area is 134 Å². The van der Waals surface area contributed by atoms with Crippen LogP contribution in [0, 0.1) is 0 Å². The Morgan fingerprint density at radius 1 is 0.762 bits per heavy atom. The SMILES string of the molecule is CC(O)c1ccccc1SCSc1ccccc1C(C)O.